The van der Waals surface area contributed by atoms with Crippen LogP contribution in [0.2, 0.25) is 0 Å². The van der Waals surface area contributed by atoms with Crippen molar-refractivity contribution in [1.82, 2.24) is 14.5 Å². The van der Waals surface area contributed by atoms with Crippen molar-refractivity contribution in [1.29, 1.82) is 0 Å². The molecule has 2 aromatic rings. The van der Waals surface area contributed by atoms with Crippen molar-refractivity contribution in [2.24, 2.45) is 0 Å². The van der Waals surface area contributed by atoms with Gasteiger partial charge in [-0.2, -0.15) is 13.2 Å². The van der Waals surface area contributed by atoms with E-state index in [4.69, 9.17) is 4.74 Å². The number of nitrogens with zero attached hydrogens (tertiary/aromatic N) is 3. The third kappa shape index (κ3) is 3.78. The van der Waals surface area contributed by atoms with Gasteiger partial charge in [-0.15, -0.1) is 0 Å². The highest BCUT2D eigenvalue weighted by molar-refractivity contribution is 5.76. The van der Waals surface area contributed by atoms with Crippen molar-refractivity contribution in [3.8, 4) is 0 Å². The molecule has 0 spiro atoms. The van der Waals surface area contributed by atoms with Gasteiger partial charge >= 0.3 is 12.3 Å². The van der Waals surface area contributed by atoms with Gasteiger partial charge in [0, 0.05) is 13.1 Å². The Hall–Kier alpha value is -2.25. The lowest BCUT2D eigenvalue weighted by molar-refractivity contribution is -0.147. The summed E-state index contributed by atoms with van der Waals surface area (Å²) in [6, 6.07) is 6.15. The van der Waals surface area contributed by atoms with Crippen LogP contribution in [-0.2, 0) is 17.5 Å². The average Bonchev–Trinajstić information content (AvgIpc) is 3.11. The van der Waals surface area contributed by atoms with E-state index in [1.807, 2.05) is 0 Å². The van der Waals surface area contributed by atoms with Crippen LogP contribution >= 0.6 is 0 Å². The molecule has 8 heteroatoms. The van der Waals surface area contributed by atoms with Gasteiger partial charge in [0.1, 0.15) is 5.60 Å². The summed E-state index contributed by atoms with van der Waals surface area (Å²) in [5.74, 6) is -0.935. The molecule has 1 amide bonds. The SMILES string of the molecule is CC(C)(C)OC(=O)N1CCC[C@@H]1Cn1c(C(F)(F)F)nc2ccccc21. The minimum Gasteiger partial charge on any atom is -0.444 e. The topological polar surface area (TPSA) is 47.4 Å². The van der Waals surface area contributed by atoms with E-state index in [1.165, 1.54) is 9.47 Å². The summed E-state index contributed by atoms with van der Waals surface area (Å²) in [7, 11) is 0. The first-order valence-corrected chi connectivity index (χ1v) is 8.58. The Bertz CT molecular complexity index is 808. The highest BCUT2D eigenvalue weighted by Crippen LogP contribution is 2.33. The van der Waals surface area contributed by atoms with E-state index in [9.17, 15) is 18.0 Å². The first kappa shape index (κ1) is 18.5. The van der Waals surface area contributed by atoms with E-state index in [1.54, 1.807) is 45.0 Å². The lowest BCUT2D eigenvalue weighted by Crippen LogP contribution is -2.41. The Morgan fingerprint density at radius 1 is 1.27 bits per heavy atom. The molecule has 1 aliphatic rings. The smallest absolute Gasteiger partial charge is 0.444 e. The van der Waals surface area contributed by atoms with Gasteiger partial charge in [0.05, 0.1) is 17.1 Å². The Balaban J connectivity index is 1.91. The number of rotatable bonds is 2. The van der Waals surface area contributed by atoms with Gasteiger partial charge in [-0.05, 0) is 45.7 Å². The van der Waals surface area contributed by atoms with Crippen LogP contribution < -0.4 is 0 Å². The minimum absolute atomic E-state index is 0.0363. The number of para-hydroxylation sites is 2. The minimum atomic E-state index is -4.56. The standard InChI is InChI=1S/C18H22F3N3O2/c1-17(2,3)26-16(25)23-10-6-7-12(23)11-24-14-9-5-4-8-13(14)22-15(24)18(19,20)21/h4-5,8-9,12H,6-7,10-11H2,1-3H3/t12-/m1/s1. The predicted molar refractivity (Wildman–Crippen MR) is 90.7 cm³/mol. The zero-order valence-electron chi connectivity index (χ0n) is 15.0. The van der Waals surface area contributed by atoms with Crippen LogP contribution in [0.3, 0.4) is 0 Å². The number of halogens is 3. The van der Waals surface area contributed by atoms with Gasteiger partial charge in [-0.25, -0.2) is 9.78 Å². The molecule has 2 heterocycles. The summed E-state index contributed by atoms with van der Waals surface area (Å²) < 4.78 is 46.9. The van der Waals surface area contributed by atoms with Crippen molar-refractivity contribution in [3.05, 3.63) is 30.1 Å². The van der Waals surface area contributed by atoms with E-state index in [0.717, 1.165) is 6.42 Å². The molecular weight excluding hydrogens is 347 g/mol. The number of hydrogen-bond donors (Lipinski definition) is 0. The second-order valence-electron chi connectivity index (χ2n) is 7.50. The number of imidazole rings is 1. The van der Waals surface area contributed by atoms with Gasteiger partial charge in [0.15, 0.2) is 0 Å². The molecule has 142 valence electrons. The fourth-order valence-corrected chi connectivity index (χ4v) is 3.27. The van der Waals surface area contributed by atoms with Crippen molar-refractivity contribution >= 4 is 17.1 Å². The van der Waals surface area contributed by atoms with E-state index in [2.05, 4.69) is 4.98 Å². The number of benzene rings is 1. The van der Waals surface area contributed by atoms with E-state index >= 15 is 0 Å². The molecule has 0 aliphatic carbocycles. The Morgan fingerprint density at radius 3 is 2.62 bits per heavy atom. The molecule has 1 atom stereocenters. The summed E-state index contributed by atoms with van der Waals surface area (Å²) in [5.41, 5.74) is 0.0563. The summed E-state index contributed by atoms with van der Waals surface area (Å²) in [6.07, 6.45) is -3.69. The molecule has 0 bridgehead atoms. The van der Waals surface area contributed by atoms with Crippen molar-refractivity contribution in [2.45, 2.75) is 58.0 Å². The third-order valence-electron chi connectivity index (χ3n) is 4.31. The number of ether oxygens (including phenoxy) is 1. The Kier molecular flexibility index (Phi) is 4.62. The van der Waals surface area contributed by atoms with Crippen LogP contribution in [0.1, 0.15) is 39.4 Å². The van der Waals surface area contributed by atoms with Crippen LogP contribution in [0.25, 0.3) is 11.0 Å². The summed E-state index contributed by atoms with van der Waals surface area (Å²) in [5, 5.41) is 0. The molecule has 0 unspecified atom stereocenters. The molecular formula is C18H22F3N3O2. The zero-order chi connectivity index (χ0) is 19.1. The van der Waals surface area contributed by atoms with Gasteiger partial charge < -0.3 is 14.2 Å². The maximum absolute atomic E-state index is 13.5. The zero-order valence-corrected chi connectivity index (χ0v) is 15.0. The van der Waals surface area contributed by atoms with Crippen molar-refractivity contribution < 1.29 is 22.7 Å². The molecule has 1 fully saturated rings. The van der Waals surface area contributed by atoms with Gasteiger partial charge in [0.2, 0.25) is 5.82 Å². The maximum Gasteiger partial charge on any atom is 0.449 e. The molecule has 3 rings (SSSR count). The van der Waals surface area contributed by atoms with Crippen LogP contribution in [0.15, 0.2) is 24.3 Å². The normalized spacial score (nSPS) is 18.5. The van der Waals surface area contributed by atoms with Gasteiger partial charge in [0.25, 0.3) is 0 Å². The Morgan fingerprint density at radius 2 is 1.96 bits per heavy atom. The number of carbonyl (C=O) groups excluding carboxylic acids is 1. The molecule has 0 N–H and O–H groups in total. The van der Waals surface area contributed by atoms with Crippen LogP contribution in [0, 0.1) is 0 Å². The highest BCUT2D eigenvalue weighted by Gasteiger charge is 2.39. The summed E-state index contributed by atoms with van der Waals surface area (Å²) in [6.45, 7) is 5.81. The Labute approximate surface area is 149 Å². The molecule has 0 saturated carbocycles. The van der Waals surface area contributed by atoms with E-state index in [-0.39, 0.29) is 12.6 Å². The van der Waals surface area contributed by atoms with Crippen molar-refractivity contribution in [3.63, 3.8) is 0 Å². The lowest BCUT2D eigenvalue weighted by atomic mass is 10.2. The summed E-state index contributed by atoms with van der Waals surface area (Å²) in [4.78, 5) is 17.7. The number of alkyl halides is 3. The molecule has 0 radical (unpaired) electrons. The number of aromatic nitrogens is 2. The van der Waals surface area contributed by atoms with Crippen LogP contribution in [0.5, 0.6) is 0 Å². The number of hydrogen-bond acceptors (Lipinski definition) is 3. The molecule has 1 saturated heterocycles. The molecule has 1 aliphatic heterocycles. The van der Waals surface area contributed by atoms with Gasteiger partial charge in [-0.1, -0.05) is 12.1 Å². The maximum atomic E-state index is 13.5. The fraction of sp³-hybridized carbons (Fsp3) is 0.556. The quantitative estimate of drug-likeness (QED) is 0.786. The number of amides is 1. The molecule has 1 aromatic heterocycles. The second-order valence-corrected chi connectivity index (χ2v) is 7.50. The third-order valence-corrected chi connectivity index (χ3v) is 4.31. The number of carbonyl (C=O) groups is 1. The average molecular weight is 369 g/mol. The van der Waals surface area contributed by atoms with Crippen molar-refractivity contribution in [2.75, 3.05) is 6.54 Å². The monoisotopic (exact) mass is 369 g/mol. The largest absolute Gasteiger partial charge is 0.449 e. The molecule has 26 heavy (non-hydrogen) atoms. The highest BCUT2D eigenvalue weighted by atomic mass is 19.4. The summed E-state index contributed by atoms with van der Waals surface area (Å²) >= 11 is 0. The fourth-order valence-electron chi connectivity index (χ4n) is 3.27. The number of likely N-dealkylation sites (tertiary alicyclic amines) is 1. The molecule has 5 nitrogen and oxygen atoms in total. The van der Waals surface area contributed by atoms with Crippen LogP contribution in [-0.4, -0.2) is 38.7 Å². The van der Waals surface area contributed by atoms with E-state index in [0.29, 0.717) is 24.0 Å². The second kappa shape index (κ2) is 6.48. The first-order valence-electron chi connectivity index (χ1n) is 8.58. The van der Waals surface area contributed by atoms with Gasteiger partial charge in [-0.3, -0.25) is 0 Å². The number of fused-ring (bicyclic) bond motifs is 1. The predicted octanol–water partition coefficient (Wildman–Crippen LogP) is 4.45. The first-order chi connectivity index (χ1) is 12.1. The van der Waals surface area contributed by atoms with Crippen LogP contribution in [0.4, 0.5) is 18.0 Å². The lowest BCUT2D eigenvalue weighted by Gasteiger charge is -2.29. The molecule has 1 aromatic carbocycles. The van der Waals surface area contributed by atoms with E-state index < -0.39 is 23.7 Å².